The second-order valence-electron chi connectivity index (χ2n) is 6.25. The molecule has 1 heterocycles. The van der Waals surface area contributed by atoms with Gasteiger partial charge in [0.05, 0.1) is 0 Å². The number of nitrogens with zero attached hydrogens (tertiary/aromatic N) is 2. The van der Waals surface area contributed by atoms with E-state index in [1.54, 1.807) is 0 Å². The summed E-state index contributed by atoms with van der Waals surface area (Å²) in [6, 6.07) is 13.0. The molecule has 0 saturated carbocycles. The van der Waals surface area contributed by atoms with E-state index in [1.165, 1.54) is 42.5 Å². The van der Waals surface area contributed by atoms with E-state index in [4.69, 9.17) is 0 Å². The van der Waals surface area contributed by atoms with Crippen molar-refractivity contribution in [3.63, 3.8) is 0 Å². The van der Waals surface area contributed by atoms with Gasteiger partial charge in [0.15, 0.2) is 12.4 Å². The molecule has 0 aliphatic heterocycles. The normalized spacial score (nSPS) is 11.1. The molecule has 0 saturated heterocycles. The van der Waals surface area contributed by atoms with Crippen LogP contribution in [-0.4, -0.2) is 14.1 Å². The maximum absolute atomic E-state index is 2.28. The molecule has 2 nitrogen and oxygen atoms in total. The third-order valence-corrected chi connectivity index (χ3v) is 4.06. The van der Waals surface area contributed by atoms with Crippen molar-refractivity contribution in [2.45, 2.75) is 39.2 Å². The van der Waals surface area contributed by atoms with Crippen LogP contribution >= 0.6 is 0 Å². The van der Waals surface area contributed by atoms with Gasteiger partial charge in [-0.25, -0.2) is 4.57 Å². The van der Waals surface area contributed by atoms with Crippen LogP contribution in [0.5, 0.6) is 0 Å². The summed E-state index contributed by atoms with van der Waals surface area (Å²) in [5.41, 5.74) is 3.70. The number of pyridine rings is 1. The number of hydrogen-bond acceptors (Lipinski definition) is 1. The van der Waals surface area contributed by atoms with Crippen LogP contribution in [0.1, 0.15) is 43.7 Å². The minimum absolute atomic E-state index is 1.12. The zero-order valence-corrected chi connectivity index (χ0v) is 14.7. The molecule has 0 bridgehead atoms. The average Bonchev–Trinajstić information content (AvgIpc) is 2.58. The Morgan fingerprint density at radius 1 is 0.826 bits per heavy atom. The Morgan fingerprint density at radius 2 is 1.43 bits per heavy atom. The van der Waals surface area contributed by atoms with Gasteiger partial charge in [0, 0.05) is 38.3 Å². The molecule has 23 heavy (non-hydrogen) atoms. The molecule has 2 rings (SSSR count). The Morgan fingerprint density at radius 3 is 2.00 bits per heavy atom. The summed E-state index contributed by atoms with van der Waals surface area (Å²) >= 11 is 0. The fourth-order valence-electron chi connectivity index (χ4n) is 2.53. The number of benzene rings is 1. The largest absolute Gasteiger partial charge is 0.378 e. The summed E-state index contributed by atoms with van der Waals surface area (Å²) in [6.07, 6.45) is 13.9. The van der Waals surface area contributed by atoms with Gasteiger partial charge in [0.2, 0.25) is 0 Å². The van der Waals surface area contributed by atoms with Gasteiger partial charge in [0.25, 0.3) is 0 Å². The van der Waals surface area contributed by atoms with E-state index in [1.807, 2.05) is 0 Å². The van der Waals surface area contributed by atoms with E-state index >= 15 is 0 Å². The van der Waals surface area contributed by atoms with Gasteiger partial charge in [-0.2, -0.15) is 0 Å². The minimum Gasteiger partial charge on any atom is -0.378 e. The molecule has 0 unspecified atom stereocenters. The van der Waals surface area contributed by atoms with Crippen molar-refractivity contribution >= 4 is 17.8 Å². The molecule has 1 aromatic carbocycles. The maximum atomic E-state index is 2.28. The highest BCUT2D eigenvalue weighted by atomic mass is 15.1. The third-order valence-electron chi connectivity index (χ3n) is 4.06. The lowest BCUT2D eigenvalue weighted by Crippen LogP contribution is -2.32. The number of hydrogen-bond donors (Lipinski definition) is 0. The van der Waals surface area contributed by atoms with E-state index in [0.717, 1.165) is 6.54 Å². The lowest BCUT2D eigenvalue weighted by Gasteiger charge is -2.11. The van der Waals surface area contributed by atoms with Gasteiger partial charge in [-0.1, -0.05) is 44.1 Å². The van der Waals surface area contributed by atoms with Gasteiger partial charge < -0.3 is 4.90 Å². The zero-order chi connectivity index (χ0) is 16.5. The molecule has 0 aliphatic carbocycles. The summed E-state index contributed by atoms with van der Waals surface area (Å²) in [4.78, 5) is 2.12. The van der Waals surface area contributed by atoms with E-state index < -0.39 is 0 Å². The topological polar surface area (TPSA) is 7.12 Å². The first-order chi connectivity index (χ1) is 11.2. The van der Waals surface area contributed by atoms with Crippen molar-refractivity contribution < 1.29 is 4.57 Å². The summed E-state index contributed by atoms with van der Waals surface area (Å²) in [6.45, 7) is 3.37. The number of unbranched alkanes of at least 4 members (excludes halogenated alkanes) is 3. The van der Waals surface area contributed by atoms with Crippen LogP contribution in [0, 0.1) is 0 Å². The van der Waals surface area contributed by atoms with Gasteiger partial charge in [-0.05, 0) is 29.7 Å². The van der Waals surface area contributed by atoms with Gasteiger partial charge in [-0.3, -0.25) is 0 Å². The highest BCUT2D eigenvalue weighted by molar-refractivity contribution is 5.70. The first kappa shape index (κ1) is 17.3. The number of aromatic nitrogens is 1. The van der Waals surface area contributed by atoms with Crippen LogP contribution in [0.3, 0.4) is 0 Å². The van der Waals surface area contributed by atoms with Crippen molar-refractivity contribution in [2.24, 2.45) is 0 Å². The van der Waals surface area contributed by atoms with Crippen molar-refractivity contribution in [1.82, 2.24) is 0 Å². The number of rotatable bonds is 8. The fourth-order valence-corrected chi connectivity index (χ4v) is 2.53. The van der Waals surface area contributed by atoms with Crippen LogP contribution in [0.4, 0.5) is 5.69 Å². The Kier molecular flexibility index (Phi) is 6.86. The Balaban J connectivity index is 1.89. The third kappa shape index (κ3) is 5.90. The second-order valence-corrected chi connectivity index (χ2v) is 6.25. The molecule has 1 aromatic heterocycles. The molecule has 0 atom stereocenters. The predicted molar refractivity (Wildman–Crippen MR) is 100 cm³/mol. The molecule has 0 radical (unpaired) electrons. The summed E-state index contributed by atoms with van der Waals surface area (Å²) in [7, 11) is 4.12. The SMILES string of the molecule is CCCCCC[n+]1ccc(C=Cc2ccc(N(C)C)cc2)cc1. The Bertz CT molecular complexity index is 595. The van der Waals surface area contributed by atoms with Crippen molar-refractivity contribution in [2.75, 3.05) is 19.0 Å². The van der Waals surface area contributed by atoms with E-state index in [-0.39, 0.29) is 0 Å². The lowest BCUT2D eigenvalue weighted by molar-refractivity contribution is -0.697. The van der Waals surface area contributed by atoms with Crippen molar-refractivity contribution in [1.29, 1.82) is 0 Å². The highest BCUT2D eigenvalue weighted by Gasteiger charge is 1.99. The summed E-state index contributed by atoms with van der Waals surface area (Å²) in [5, 5.41) is 0. The Hall–Kier alpha value is -2.09. The molecule has 0 amide bonds. The quantitative estimate of drug-likeness (QED) is 0.502. The molecule has 2 heteroatoms. The molecule has 122 valence electrons. The van der Waals surface area contributed by atoms with Gasteiger partial charge >= 0.3 is 0 Å². The first-order valence-electron chi connectivity index (χ1n) is 8.63. The maximum Gasteiger partial charge on any atom is 0.169 e. The van der Waals surface area contributed by atoms with E-state index in [2.05, 4.69) is 91.4 Å². The highest BCUT2D eigenvalue weighted by Crippen LogP contribution is 2.14. The summed E-state index contributed by atoms with van der Waals surface area (Å²) in [5.74, 6) is 0. The van der Waals surface area contributed by atoms with E-state index in [0.29, 0.717) is 0 Å². The monoisotopic (exact) mass is 309 g/mol. The van der Waals surface area contributed by atoms with Gasteiger partial charge in [-0.15, -0.1) is 0 Å². The van der Waals surface area contributed by atoms with Crippen LogP contribution < -0.4 is 9.47 Å². The molecular formula is C21H29N2+. The molecule has 0 N–H and O–H groups in total. The van der Waals surface area contributed by atoms with Crippen molar-refractivity contribution in [3.8, 4) is 0 Å². The molecule has 0 spiro atoms. The fraction of sp³-hybridized carbons (Fsp3) is 0.381. The predicted octanol–water partition coefficient (Wildman–Crippen LogP) is 4.79. The van der Waals surface area contributed by atoms with Crippen LogP contribution in [0.25, 0.3) is 12.2 Å². The smallest absolute Gasteiger partial charge is 0.169 e. The molecule has 2 aromatic rings. The molecule has 0 aliphatic rings. The first-order valence-corrected chi connectivity index (χ1v) is 8.63. The average molecular weight is 309 g/mol. The standard InChI is InChI=1S/C21H29N2/c1-4-5-6-7-16-23-17-14-20(15-18-23)9-8-19-10-12-21(13-11-19)22(2)3/h8-15,17-18H,4-7,16H2,1-3H3/q+1. The second kappa shape index (κ2) is 9.14. The van der Waals surface area contributed by atoms with Crippen molar-refractivity contribution in [3.05, 3.63) is 59.9 Å². The summed E-state index contributed by atoms with van der Waals surface area (Å²) < 4.78 is 2.28. The van der Waals surface area contributed by atoms with E-state index in [9.17, 15) is 0 Å². The minimum atomic E-state index is 1.12. The molecule has 0 fully saturated rings. The number of aryl methyl sites for hydroxylation is 1. The number of anilines is 1. The lowest BCUT2D eigenvalue weighted by atomic mass is 10.1. The zero-order valence-electron chi connectivity index (χ0n) is 14.7. The Labute approximate surface area is 141 Å². The molecular weight excluding hydrogens is 280 g/mol. The van der Waals surface area contributed by atoms with Crippen LogP contribution in [-0.2, 0) is 6.54 Å². The van der Waals surface area contributed by atoms with Crippen LogP contribution in [0.2, 0.25) is 0 Å². The van der Waals surface area contributed by atoms with Crippen LogP contribution in [0.15, 0.2) is 48.8 Å². The van der Waals surface area contributed by atoms with Gasteiger partial charge in [0.1, 0.15) is 6.54 Å².